The van der Waals surface area contributed by atoms with E-state index in [0.29, 0.717) is 43.3 Å². The number of ether oxygens (including phenoxy) is 2. The lowest BCUT2D eigenvalue weighted by Crippen LogP contribution is -2.56. The zero-order valence-corrected chi connectivity index (χ0v) is 21.5. The number of piperidine rings is 1. The van der Waals surface area contributed by atoms with E-state index in [1.54, 1.807) is 24.7 Å². The molecule has 1 saturated heterocycles. The van der Waals surface area contributed by atoms with Gasteiger partial charge in [0, 0.05) is 43.4 Å². The Labute approximate surface area is 224 Å². The zero-order valence-electron chi connectivity index (χ0n) is 21.5. The number of aromatic nitrogens is 4. The van der Waals surface area contributed by atoms with Crippen LogP contribution in [0.25, 0.3) is 16.8 Å². The van der Waals surface area contributed by atoms with Crippen molar-refractivity contribution >= 4 is 22.8 Å². The Balaban J connectivity index is 1.42. The maximum absolute atomic E-state index is 14.7. The molecule has 3 N–H and O–H groups in total. The molecule has 1 fully saturated rings. The van der Waals surface area contributed by atoms with Crippen LogP contribution in [0, 0.1) is 28.9 Å². The Morgan fingerprint density at radius 3 is 2.69 bits per heavy atom. The van der Waals surface area contributed by atoms with E-state index < -0.39 is 11.6 Å². The Kier molecular flexibility index (Phi) is 7.53. The highest BCUT2D eigenvalue weighted by Gasteiger charge is 2.34. The molecule has 3 aromatic heterocycles. The van der Waals surface area contributed by atoms with Crippen molar-refractivity contribution in [2.45, 2.75) is 25.5 Å². The molecule has 1 aliphatic heterocycles. The first-order chi connectivity index (χ1) is 18.9. The zero-order chi connectivity index (χ0) is 27.5. The molecule has 0 spiro atoms. The first-order valence-corrected chi connectivity index (χ1v) is 12.5. The van der Waals surface area contributed by atoms with Crippen molar-refractivity contribution in [2.75, 3.05) is 37.0 Å². The fourth-order valence-corrected chi connectivity index (χ4v) is 4.93. The van der Waals surface area contributed by atoms with E-state index >= 15 is 0 Å². The molecule has 39 heavy (non-hydrogen) atoms. The molecule has 4 aromatic rings. The van der Waals surface area contributed by atoms with E-state index in [2.05, 4.69) is 38.3 Å². The molecule has 4 heterocycles. The predicted octanol–water partition coefficient (Wildman–Crippen LogP) is 3.90. The Morgan fingerprint density at radius 2 is 1.97 bits per heavy atom. The van der Waals surface area contributed by atoms with Crippen LogP contribution < -0.4 is 20.7 Å². The van der Waals surface area contributed by atoms with Crippen LogP contribution in [-0.4, -0.2) is 58.5 Å². The number of methoxy groups -OCH3 is 1. The van der Waals surface area contributed by atoms with Crippen molar-refractivity contribution in [2.24, 2.45) is 11.7 Å². The van der Waals surface area contributed by atoms with Crippen molar-refractivity contribution in [3.05, 3.63) is 60.6 Å². The lowest BCUT2D eigenvalue weighted by molar-refractivity contribution is -0.00331. The number of nitrogens with zero attached hydrogens (tertiary/aromatic N) is 6. The average molecular weight is 535 g/mol. The van der Waals surface area contributed by atoms with Crippen molar-refractivity contribution in [1.29, 1.82) is 5.26 Å². The second kappa shape index (κ2) is 11.2. The van der Waals surface area contributed by atoms with Gasteiger partial charge in [-0.1, -0.05) is 6.92 Å². The van der Waals surface area contributed by atoms with Crippen LogP contribution in [0.15, 0.2) is 48.9 Å². The second-order valence-electron chi connectivity index (χ2n) is 9.41. The van der Waals surface area contributed by atoms with Gasteiger partial charge in [0.05, 0.1) is 72.9 Å². The smallest absolute Gasteiger partial charge is 0.229 e. The lowest BCUT2D eigenvalue weighted by Gasteiger charge is -2.42. The third-order valence-corrected chi connectivity index (χ3v) is 6.72. The number of pyridine rings is 1. The highest BCUT2D eigenvalue weighted by atomic mass is 19.1. The first-order valence-electron chi connectivity index (χ1n) is 12.5. The molecule has 0 bridgehead atoms. The van der Waals surface area contributed by atoms with E-state index in [9.17, 15) is 8.78 Å². The molecule has 5 rings (SSSR count). The van der Waals surface area contributed by atoms with Gasteiger partial charge >= 0.3 is 0 Å². The maximum atomic E-state index is 14.7. The Morgan fingerprint density at radius 1 is 1.18 bits per heavy atom. The summed E-state index contributed by atoms with van der Waals surface area (Å²) < 4.78 is 41.8. The molecular weight excluding hydrogens is 506 g/mol. The number of anilines is 3. The third kappa shape index (κ3) is 5.32. The summed E-state index contributed by atoms with van der Waals surface area (Å²) in [4.78, 5) is 10.8. The van der Waals surface area contributed by atoms with Gasteiger partial charge in [-0.25, -0.2) is 13.8 Å². The lowest BCUT2D eigenvalue weighted by atomic mass is 9.92. The molecule has 202 valence electrons. The second-order valence-corrected chi connectivity index (χ2v) is 9.41. The molecule has 12 heteroatoms. The summed E-state index contributed by atoms with van der Waals surface area (Å²) in [6.07, 6.45) is 5.16. The van der Waals surface area contributed by atoms with Crippen molar-refractivity contribution in [3.63, 3.8) is 0 Å². The highest BCUT2D eigenvalue weighted by molar-refractivity contribution is 5.74. The fourth-order valence-electron chi connectivity index (χ4n) is 4.93. The van der Waals surface area contributed by atoms with E-state index in [0.717, 1.165) is 17.8 Å². The van der Waals surface area contributed by atoms with Crippen LogP contribution in [0.2, 0.25) is 0 Å². The van der Waals surface area contributed by atoms with Crippen molar-refractivity contribution < 1.29 is 18.3 Å². The maximum Gasteiger partial charge on any atom is 0.229 e. The van der Waals surface area contributed by atoms with E-state index in [1.165, 1.54) is 17.7 Å². The highest BCUT2D eigenvalue weighted by Crippen LogP contribution is 2.33. The SMILES string of the molecule is COc1cc(F)c(-c2ccc3cnc(Nc4cnccc4N4CC(C)C(OCCC#N)C(N)C4)n3n2)c(F)c1. The summed E-state index contributed by atoms with van der Waals surface area (Å²) in [5, 5.41) is 16.5. The largest absolute Gasteiger partial charge is 0.497 e. The topological polar surface area (TPSA) is 127 Å². The minimum Gasteiger partial charge on any atom is -0.497 e. The molecule has 1 aliphatic rings. The minimum atomic E-state index is -0.784. The summed E-state index contributed by atoms with van der Waals surface area (Å²) in [6, 6.07) is 9.17. The number of benzene rings is 1. The van der Waals surface area contributed by atoms with Crippen LogP contribution in [0.5, 0.6) is 5.75 Å². The monoisotopic (exact) mass is 534 g/mol. The van der Waals surface area contributed by atoms with Gasteiger partial charge < -0.3 is 25.4 Å². The normalized spacial score (nSPS) is 19.2. The molecule has 3 atom stereocenters. The summed E-state index contributed by atoms with van der Waals surface area (Å²) >= 11 is 0. The molecule has 0 aliphatic carbocycles. The van der Waals surface area contributed by atoms with Gasteiger partial charge in [-0.05, 0) is 18.2 Å². The number of nitriles is 1. The van der Waals surface area contributed by atoms with Crippen LogP contribution in [0.3, 0.4) is 0 Å². The number of nitrogens with one attached hydrogen (secondary N) is 1. The average Bonchev–Trinajstić information content (AvgIpc) is 3.32. The quantitative estimate of drug-likeness (QED) is 0.324. The Bertz CT molecular complexity index is 1490. The first kappa shape index (κ1) is 26.3. The number of imidazole rings is 1. The number of rotatable bonds is 8. The number of hydrogen-bond donors (Lipinski definition) is 2. The predicted molar refractivity (Wildman–Crippen MR) is 142 cm³/mol. The molecular formula is C27H28F2N8O2. The van der Waals surface area contributed by atoms with Gasteiger partial charge in [0.1, 0.15) is 17.4 Å². The van der Waals surface area contributed by atoms with Gasteiger partial charge in [-0.3, -0.25) is 4.98 Å². The van der Waals surface area contributed by atoms with Crippen LogP contribution in [-0.2, 0) is 4.74 Å². The molecule has 3 unspecified atom stereocenters. The molecule has 0 amide bonds. The van der Waals surface area contributed by atoms with Crippen molar-refractivity contribution in [3.8, 4) is 23.1 Å². The number of nitrogens with two attached hydrogens (primary N) is 1. The number of halogens is 2. The minimum absolute atomic E-state index is 0.0794. The standard InChI is InChI=1S/C27H28F2N8O2/c1-16-14-36(15-21(31)26(16)39-9-3-7-30)24-6-8-32-13-23(24)34-27-33-12-17-4-5-22(35-37(17)27)25-19(28)10-18(38-2)11-20(25)29/h4-6,8,10-13,16,21,26H,3,9,14-15,31H2,1-2H3,(H,33,34). The van der Waals surface area contributed by atoms with E-state index in [4.69, 9.17) is 20.5 Å². The summed E-state index contributed by atoms with van der Waals surface area (Å²) in [5.41, 5.74) is 8.48. The molecule has 0 saturated carbocycles. The van der Waals surface area contributed by atoms with Gasteiger partial charge in [-0.2, -0.15) is 14.9 Å². The van der Waals surface area contributed by atoms with Gasteiger partial charge in [0.2, 0.25) is 5.95 Å². The molecule has 10 nitrogen and oxygen atoms in total. The van der Waals surface area contributed by atoms with Gasteiger partial charge in [0.25, 0.3) is 0 Å². The van der Waals surface area contributed by atoms with Gasteiger partial charge in [0.15, 0.2) is 0 Å². The van der Waals surface area contributed by atoms with Crippen LogP contribution in [0.1, 0.15) is 13.3 Å². The Hall–Kier alpha value is -4.34. The molecule has 0 radical (unpaired) electrons. The fraction of sp³-hybridized carbons (Fsp3) is 0.333. The summed E-state index contributed by atoms with van der Waals surface area (Å²) in [6.45, 7) is 3.65. The molecule has 1 aromatic carbocycles. The van der Waals surface area contributed by atoms with Gasteiger partial charge in [-0.15, -0.1) is 0 Å². The van der Waals surface area contributed by atoms with Crippen LogP contribution >= 0.6 is 0 Å². The summed E-state index contributed by atoms with van der Waals surface area (Å²) in [7, 11) is 1.34. The number of hydrogen-bond acceptors (Lipinski definition) is 9. The van der Waals surface area contributed by atoms with E-state index in [1.807, 2.05) is 6.07 Å². The van der Waals surface area contributed by atoms with Crippen molar-refractivity contribution in [1.82, 2.24) is 19.6 Å². The summed E-state index contributed by atoms with van der Waals surface area (Å²) in [5.74, 6) is -1.01. The number of fused-ring (bicyclic) bond motifs is 1. The van der Waals surface area contributed by atoms with E-state index in [-0.39, 0.29) is 35.1 Å². The van der Waals surface area contributed by atoms with Crippen LogP contribution in [0.4, 0.5) is 26.1 Å². The third-order valence-electron chi connectivity index (χ3n) is 6.72.